The van der Waals surface area contributed by atoms with Gasteiger partial charge in [-0.15, -0.1) is 0 Å². The minimum atomic E-state index is -1.01. The van der Waals surface area contributed by atoms with Gasteiger partial charge in [-0.2, -0.15) is 0 Å². The summed E-state index contributed by atoms with van der Waals surface area (Å²) in [6.07, 6.45) is 1.95. The lowest BCUT2D eigenvalue weighted by Crippen LogP contribution is -2.40. The van der Waals surface area contributed by atoms with Crippen molar-refractivity contribution < 1.29 is 14.3 Å². The van der Waals surface area contributed by atoms with Gasteiger partial charge in [0.2, 0.25) is 0 Å². The smallest absolute Gasteiger partial charge is 0.309 e. The summed E-state index contributed by atoms with van der Waals surface area (Å²) in [5, 5.41) is 12.2. The van der Waals surface area contributed by atoms with E-state index in [4.69, 9.17) is 21.6 Å². The van der Waals surface area contributed by atoms with Crippen LogP contribution in [0.2, 0.25) is 0 Å². The van der Waals surface area contributed by atoms with E-state index >= 15 is 0 Å². The van der Waals surface area contributed by atoms with Crippen LogP contribution in [-0.4, -0.2) is 47.6 Å². The number of ether oxygens (including phenoxy) is 1. The molecule has 1 fully saturated rings. The molecule has 1 aliphatic rings. The molecule has 6 N–H and O–H groups in total. The molecule has 2 amide bonds. The molecule has 1 saturated heterocycles. The van der Waals surface area contributed by atoms with Gasteiger partial charge in [-0.05, 0) is 59.7 Å². The number of hydrogen-bond acceptors (Lipinski definition) is 5. The maximum absolute atomic E-state index is 11.4. The van der Waals surface area contributed by atoms with E-state index in [2.05, 4.69) is 15.2 Å². The standard InChI is InChI=1S/C27H30N6O3/c1-17(28)33-12-10-24(11-13-33)36-23-8-6-22(7-9-23)32-25(29)21-5-4-19-14-18(2-3-20(19)15-21)16-31-27(35)26(30)34/h2-9,14-15,24,28H,10-13,16H2,1H3,(H2,29,32)(H2,30,34)(H,31,35). The van der Waals surface area contributed by atoms with E-state index in [-0.39, 0.29) is 12.6 Å². The Morgan fingerprint density at radius 1 is 1.03 bits per heavy atom. The lowest BCUT2D eigenvalue weighted by Gasteiger charge is -2.32. The molecule has 3 aromatic carbocycles. The van der Waals surface area contributed by atoms with E-state index in [0.29, 0.717) is 11.7 Å². The number of likely N-dealkylation sites (tertiary alicyclic amines) is 1. The predicted octanol–water partition coefficient (Wildman–Crippen LogP) is 2.82. The molecular weight excluding hydrogens is 456 g/mol. The monoisotopic (exact) mass is 486 g/mol. The number of piperidine rings is 1. The maximum Gasteiger partial charge on any atom is 0.309 e. The summed E-state index contributed by atoms with van der Waals surface area (Å²) in [6.45, 7) is 3.72. The number of rotatable bonds is 6. The molecule has 0 bridgehead atoms. The first-order valence-electron chi connectivity index (χ1n) is 11.8. The molecule has 186 valence electrons. The van der Waals surface area contributed by atoms with Gasteiger partial charge in [0.05, 0.1) is 11.5 Å². The van der Waals surface area contributed by atoms with Crippen molar-refractivity contribution in [3.05, 3.63) is 71.8 Å². The average Bonchev–Trinajstić information content (AvgIpc) is 2.88. The number of amides is 2. The van der Waals surface area contributed by atoms with Crippen LogP contribution < -0.4 is 21.5 Å². The van der Waals surface area contributed by atoms with Crippen LogP contribution in [0.1, 0.15) is 30.9 Å². The number of nitrogens with two attached hydrogens (primary N) is 2. The second kappa shape index (κ2) is 10.9. The summed E-state index contributed by atoms with van der Waals surface area (Å²) in [5.74, 6) is -0.0124. The summed E-state index contributed by atoms with van der Waals surface area (Å²) >= 11 is 0. The number of amidine groups is 2. The summed E-state index contributed by atoms with van der Waals surface area (Å²) in [6, 6.07) is 19.1. The minimum Gasteiger partial charge on any atom is -0.490 e. The molecular formula is C27H30N6O3. The molecule has 0 aromatic heterocycles. The summed E-state index contributed by atoms with van der Waals surface area (Å²) in [4.78, 5) is 28.8. The SMILES string of the molecule is CC(=N)N1CCC(Oc2ccc(N=C(N)c3ccc4cc(CNC(=O)C(N)=O)ccc4c3)cc2)CC1. The van der Waals surface area contributed by atoms with Crippen LogP contribution in [-0.2, 0) is 16.1 Å². The number of aliphatic imine (C=N–C) groups is 1. The topological polar surface area (TPSA) is 147 Å². The van der Waals surface area contributed by atoms with Crippen LogP contribution in [0.4, 0.5) is 5.69 Å². The fourth-order valence-electron chi connectivity index (χ4n) is 4.14. The molecule has 0 radical (unpaired) electrons. The van der Waals surface area contributed by atoms with Crippen molar-refractivity contribution in [1.29, 1.82) is 5.41 Å². The normalized spacial score (nSPS) is 14.5. The fraction of sp³-hybridized carbons (Fsp3) is 0.259. The van der Waals surface area contributed by atoms with Gasteiger partial charge in [0.1, 0.15) is 17.7 Å². The molecule has 0 atom stereocenters. The van der Waals surface area contributed by atoms with Gasteiger partial charge < -0.3 is 26.4 Å². The molecule has 9 heteroatoms. The molecule has 0 unspecified atom stereocenters. The number of hydrogen-bond donors (Lipinski definition) is 4. The number of carbonyl (C=O) groups excluding carboxylic acids is 2. The van der Waals surface area contributed by atoms with Crippen LogP contribution in [0.15, 0.2) is 65.7 Å². The average molecular weight is 487 g/mol. The van der Waals surface area contributed by atoms with Crippen molar-refractivity contribution in [2.45, 2.75) is 32.4 Å². The lowest BCUT2D eigenvalue weighted by molar-refractivity contribution is -0.137. The van der Waals surface area contributed by atoms with E-state index in [1.165, 1.54) is 0 Å². The highest BCUT2D eigenvalue weighted by Crippen LogP contribution is 2.24. The number of benzene rings is 3. The van der Waals surface area contributed by atoms with E-state index in [9.17, 15) is 9.59 Å². The fourth-order valence-corrected chi connectivity index (χ4v) is 4.14. The minimum absolute atomic E-state index is 0.151. The Kier molecular flexibility index (Phi) is 7.48. The molecule has 1 aliphatic heterocycles. The maximum atomic E-state index is 11.4. The molecule has 0 spiro atoms. The van der Waals surface area contributed by atoms with Gasteiger partial charge in [-0.25, -0.2) is 4.99 Å². The Morgan fingerprint density at radius 3 is 2.36 bits per heavy atom. The molecule has 4 rings (SSSR count). The number of nitrogens with zero attached hydrogens (tertiary/aromatic N) is 2. The Balaban J connectivity index is 1.38. The molecule has 3 aromatic rings. The van der Waals surface area contributed by atoms with Gasteiger partial charge in [0, 0.05) is 38.0 Å². The second-order valence-electron chi connectivity index (χ2n) is 8.82. The first-order chi connectivity index (χ1) is 17.3. The zero-order valence-corrected chi connectivity index (χ0v) is 20.2. The largest absolute Gasteiger partial charge is 0.490 e. The molecule has 36 heavy (non-hydrogen) atoms. The summed E-state index contributed by atoms with van der Waals surface area (Å²) in [5.41, 5.74) is 13.6. The highest BCUT2D eigenvalue weighted by atomic mass is 16.5. The van der Waals surface area contributed by atoms with Crippen LogP contribution in [0.5, 0.6) is 5.75 Å². The van der Waals surface area contributed by atoms with Gasteiger partial charge in [0.15, 0.2) is 0 Å². The highest BCUT2D eigenvalue weighted by molar-refractivity contribution is 6.34. The van der Waals surface area contributed by atoms with E-state index in [1.54, 1.807) is 0 Å². The zero-order valence-electron chi connectivity index (χ0n) is 20.2. The van der Waals surface area contributed by atoms with Crippen molar-refractivity contribution in [3.63, 3.8) is 0 Å². The Labute approximate surface area is 209 Å². The van der Waals surface area contributed by atoms with Gasteiger partial charge in [-0.3, -0.25) is 15.0 Å². The van der Waals surface area contributed by atoms with Gasteiger partial charge in [-0.1, -0.05) is 24.3 Å². The Bertz CT molecular complexity index is 1310. The van der Waals surface area contributed by atoms with E-state index < -0.39 is 11.8 Å². The van der Waals surface area contributed by atoms with Crippen molar-refractivity contribution in [2.24, 2.45) is 16.5 Å². The third-order valence-corrected chi connectivity index (χ3v) is 6.18. The van der Waals surface area contributed by atoms with E-state index in [1.807, 2.05) is 67.6 Å². The van der Waals surface area contributed by atoms with Gasteiger partial charge >= 0.3 is 11.8 Å². The van der Waals surface area contributed by atoms with Crippen LogP contribution >= 0.6 is 0 Å². The van der Waals surface area contributed by atoms with Crippen LogP contribution in [0, 0.1) is 5.41 Å². The summed E-state index contributed by atoms with van der Waals surface area (Å²) < 4.78 is 6.10. The Morgan fingerprint density at radius 2 is 1.69 bits per heavy atom. The number of nitrogens with one attached hydrogen (secondary N) is 2. The lowest BCUT2D eigenvalue weighted by atomic mass is 10.0. The Hall–Kier alpha value is -4.40. The van der Waals surface area contributed by atoms with Crippen LogP contribution in [0.25, 0.3) is 10.8 Å². The quantitative estimate of drug-likeness (QED) is 0.240. The van der Waals surface area contributed by atoms with Crippen molar-refractivity contribution >= 4 is 39.9 Å². The molecule has 0 saturated carbocycles. The summed E-state index contributed by atoms with van der Waals surface area (Å²) in [7, 11) is 0. The first-order valence-corrected chi connectivity index (χ1v) is 11.8. The highest BCUT2D eigenvalue weighted by Gasteiger charge is 2.20. The van der Waals surface area contributed by atoms with Crippen molar-refractivity contribution in [1.82, 2.24) is 10.2 Å². The zero-order chi connectivity index (χ0) is 25.7. The van der Waals surface area contributed by atoms with Gasteiger partial charge in [0.25, 0.3) is 0 Å². The van der Waals surface area contributed by atoms with Crippen molar-refractivity contribution in [2.75, 3.05) is 13.1 Å². The molecule has 9 nitrogen and oxygen atoms in total. The predicted molar refractivity (Wildman–Crippen MR) is 140 cm³/mol. The van der Waals surface area contributed by atoms with Crippen molar-refractivity contribution in [3.8, 4) is 5.75 Å². The number of carbonyl (C=O) groups is 2. The first kappa shape index (κ1) is 24.7. The third kappa shape index (κ3) is 6.18. The van der Waals surface area contributed by atoms with Crippen LogP contribution in [0.3, 0.4) is 0 Å². The second-order valence-corrected chi connectivity index (χ2v) is 8.82. The number of primary amides is 1. The van der Waals surface area contributed by atoms with E-state index in [0.717, 1.165) is 59.3 Å². The number of fused-ring (bicyclic) bond motifs is 1. The molecule has 0 aliphatic carbocycles. The molecule has 1 heterocycles. The third-order valence-electron chi connectivity index (χ3n) is 6.18.